The Hall–Kier alpha value is -2.89. The van der Waals surface area contributed by atoms with E-state index in [2.05, 4.69) is 36.9 Å². The van der Waals surface area contributed by atoms with E-state index in [0.717, 1.165) is 13.1 Å². The number of amides is 1. The van der Waals surface area contributed by atoms with E-state index in [1.54, 1.807) is 33.5 Å². The number of nitrogens with zero attached hydrogens (tertiary/aromatic N) is 2. The lowest BCUT2D eigenvalue weighted by molar-refractivity contribution is 0.0746. The van der Waals surface area contributed by atoms with E-state index in [9.17, 15) is 4.79 Å². The van der Waals surface area contributed by atoms with Crippen molar-refractivity contribution in [2.45, 2.75) is 13.8 Å². The second kappa shape index (κ2) is 8.42. The topological polar surface area (TPSA) is 51.2 Å². The molecule has 0 atom stereocenters. The van der Waals surface area contributed by atoms with E-state index in [0.29, 0.717) is 35.9 Å². The van der Waals surface area contributed by atoms with Crippen LogP contribution in [-0.2, 0) is 0 Å². The summed E-state index contributed by atoms with van der Waals surface area (Å²) in [4.78, 5) is 17.3. The van der Waals surface area contributed by atoms with Crippen LogP contribution in [0.4, 0.5) is 5.69 Å². The predicted molar refractivity (Wildman–Crippen MR) is 110 cm³/mol. The van der Waals surface area contributed by atoms with Crippen LogP contribution in [0.15, 0.2) is 30.3 Å². The van der Waals surface area contributed by atoms with Crippen molar-refractivity contribution in [3.8, 4) is 17.2 Å². The Balaban J connectivity index is 1.76. The van der Waals surface area contributed by atoms with E-state index in [-0.39, 0.29) is 5.91 Å². The molecule has 0 saturated carbocycles. The van der Waals surface area contributed by atoms with Gasteiger partial charge in [0.05, 0.1) is 21.3 Å². The fraction of sp³-hybridized carbons (Fsp3) is 0.409. The third kappa shape index (κ3) is 3.86. The number of ether oxygens (including phenoxy) is 3. The van der Waals surface area contributed by atoms with Crippen molar-refractivity contribution in [2.75, 3.05) is 52.4 Å². The molecule has 2 aromatic carbocycles. The zero-order valence-corrected chi connectivity index (χ0v) is 17.2. The second-order valence-electron chi connectivity index (χ2n) is 6.98. The quantitative estimate of drug-likeness (QED) is 0.792. The number of rotatable bonds is 5. The smallest absolute Gasteiger partial charge is 0.254 e. The van der Waals surface area contributed by atoms with Gasteiger partial charge in [0.2, 0.25) is 5.75 Å². The van der Waals surface area contributed by atoms with Crippen molar-refractivity contribution >= 4 is 11.6 Å². The lowest BCUT2D eigenvalue weighted by Crippen LogP contribution is -2.49. The van der Waals surface area contributed by atoms with Crippen molar-refractivity contribution in [3.63, 3.8) is 0 Å². The van der Waals surface area contributed by atoms with Gasteiger partial charge < -0.3 is 24.0 Å². The molecule has 1 fully saturated rings. The van der Waals surface area contributed by atoms with Crippen LogP contribution in [-0.4, -0.2) is 58.3 Å². The molecule has 0 N–H and O–H groups in total. The summed E-state index contributed by atoms with van der Waals surface area (Å²) < 4.78 is 16.1. The van der Waals surface area contributed by atoms with E-state index in [1.165, 1.54) is 16.8 Å². The number of aryl methyl sites for hydroxylation is 2. The highest BCUT2D eigenvalue weighted by Crippen LogP contribution is 2.38. The summed E-state index contributed by atoms with van der Waals surface area (Å²) in [6.45, 7) is 7.18. The molecule has 0 unspecified atom stereocenters. The highest BCUT2D eigenvalue weighted by atomic mass is 16.5. The van der Waals surface area contributed by atoms with Gasteiger partial charge in [-0.1, -0.05) is 12.1 Å². The van der Waals surface area contributed by atoms with Crippen LogP contribution in [0.1, 0.15) is 21.5 Å². The van der Waals surface area contributed by atoms with Gasteiger partial charge in [-0.25, -0.2) is 0 Å². The van der Waals surface area contributed by atoms with E-state index < -0.39 is 0 Å². The number of methoxy groups -OCH3 is 3. The van der Waals surface area contributed by atoms with Crippen molar-refractivity contribution in [3.05, 3.63) is 47.0 Å². The van der Waals surface area contributed by atoms with Gasteiger partial charge in [-0.2, -0.15) is 0 Å². The minimum Gasteiger partial charge on any atom is -0.493 e. The molecule has 150 valence electrons. The molecule has 0 bridgehead atoms. The Morgan fingerprint density at radius 3 is 2.00 bits per heavy atom. The third-order valence-corrected chi connectivity index (χ3v) is 5.18. The minimum atomic E-state index is -0.0279. The van der Waals surface area contributed by atoms with Crippen LogP contribution in [0.3, 0.4) is 0 Å². The van der Waals surface area contributed by atoms with Crippen molar-refractivity contribution < 1.29 is 19.0 Å². The van der Waals surface area contributed by atoms with Gasteiger partial charge >= 0.3 is 0 Å². The van der Waals surface area contributed by atoms with Gasteiger partial charge in [-0.3, -0.25) is 4.79 Å². The Morgan fingerprint density at radius 1 is 0.857 bits per heavy atom. The molecule has 28 heavy (non-hydrogen) atoms. The molecule has 0 radical (unpaired) electrons. The fourth-order valence-corrected chi connectivity index (χ4v) is 3.60. The molecule has 0 aliphatic carbocycles. The molecule has 1 amide bonds. The average molecular weight is 384 g/mol. The van der Waals surface area contributed by atoms with Crippen LogP contribution in [0.5, 0.6) is 17.2 Å². The second-order valence-corrected chi connectivity index (χ2v) is 6.98. The molecular formula is C22H28N2O4. The summed E-state index contributed by atoms with van der Waals surface area (Å²) in [6, 6.07) is 9.91. The number of piperazine rings is 1. The largest absolute Gasteiger partial charge is 0.493 e. The molecule has 2 aromatic rings. The van der Waals surface area contributed by atoms with Gasteiger partial charge in [0.1, 0.15) is 0 Å². The Morgan fingerprint density at radius 2 is 1.46 bits per heavy atom. The SMILES string of the molecule is COc1cc(C(=O)N2CCN(c3cc(C)ccc3C)CC2)cc(OC)c1OC. The third-order valence-electron chi connectivity index (χ3n) is 5.18. The van der Waals surface area contributed by atoms with Crippen LogP contribution in [0.25, 0.3) is 0 Å². The number of carbonyl (C=O) groups excluding carboxylic acids is 1. The van der Waals surface area contributed by atoms with Gasteiger partial charge in [-0.15, -0.1) is 0 Å². The summed E-state index contributed by atoms with van der Waals surface area (Å²) in [7, 11) is 4.65. The Bertz CT molecular complexity index is 833. The van der Waals surface area contributed by atoms with Crippen LogP contribution in [0, 0.1) is 13.8 Å². The minimum absolute atomic E-state index is 0.0279. The predicted octanol–water partition coefficient (Wildman–Crippen LogP) is 3.29. The lowest BCUT2D eigenvalue weighted by Gasteiger charge is -2.37. The first-order valence-corrected chi connectivity index (χ1v) is 9.40. The zero-order chi connectivity index (χ0) is 20.3. The van der Waals surface area contributed by atoms with Gasteiger partial charge in [-0.05, 0) is 43.2 Å². The normalized spacial score (nSPS) is 14.0. The number of anilines is 1. The van der Waals surface area contributed by atoms with Crippen molar-refractivity contribution in [1.29, 1.82) is 0 Å². The molecule has 1 saturated heterocycles. The molecular weight excluding hydrogens is 356 g/mol. The molecule has 0 aromatic heterocycles. The van der Waals surface area contributed by atoms with E-state index in [1.807, 2.05) is 4.90 Å². The molecule has 1 heterocycles. The molecule has 6 heteroatoms. The number of hydrogen-bond donors (Lipinski definition) is 0. The van der Waals surface area contributed by atoms with Gasteiger partial charge in [0, 0.05) is 37.4 Å². The van der Waals surface area contributed by atoms with Gasteiger partial charge in [0.25, 0.3) is 5.91 Å². The molecule has 6 nitrogen and oxygen atoms in total. The fourth-order valence-electron chi connectivity index (χ4n) is 3.60. The lowest BCUT2D eigenvalue weighted by atomic mass is 10.1. The molecule has 1 aliphatic heterocycles. The summed E-state index contributed by atoms with van der Waals surface area (Å²) in [5.74, 6) is 1.43. The summed E-state index contributed by atoms with van der Waals surface area (Å²) >= 11 is 0. The van der Waals surface area contributed by atoms with Gasteiger partial charge in [0.15, 0.2) is 11.5 Å². The van der Waals surface area contributed by atoms with Crippen molar-refractivity contribution in [2.24, 2.45) is 0 Å². The number of carbonyl (C=O) groups is 1. The first-order chi connectivity index (χ1) is 13.5. The molecule has 3 rings (SSSR count). The summed E-state index contributed by atoms with van der Waals surface area (Å²) in [6.07, 6.45) is 0. The molecule has 0 spiro atoms. The number of benzene rings is 2. The number of hydrogen-bond acceptors (Lipinski definition) is 5. The van der Waals surface area contributed by atoms with E-state index >= 15 is 0 Å². The zero-order valence-electron chi connectivity index (χ0n) is 17.2. The van der Waals surface area contributed by atoms with E-state index in [4.69, 9.17) is 14.2 Å². The Kier molecular flexibility index (Phi) is 5.97. The maximum Gasteiger partial charge on any atom is 0.254 e. The summed E-state index contributed by atoms with van der Waals surface area (Å²) in [5.41, 5.74) is 4.29. The van der Waals surface area contributed by atoms with Crippen LogP contribution < -0.4 is 19.1 Å². The first kappa shape index (κ1) is 19.9. The average Bonchev–Trinajstić information content (AvgIpc) is 2.73. The van der Waals surface area contributed by atoms with Crippen molar-refractivity contribution in [1.82, 2.24) is 4.90 Å². The monoisotopic (exact) mass is 384 g/mol. The maximum atomic E-state index is 13.1. The van der Waals surface area contributed by atoms with Crippen LogP contribution in [0.2, 0.25) is 0 Å². The highest BCUT2D eigenvalue weighted by Gasteiger charge is 2.25. The molecule has 1 aliphatic rings. The Labute approximate surface area is 166 Å². The standard InChI is InChI=1S/C22H28N2O4/c1-15-6-7-16(2)18(12-15)23-8-10-24(11-9-23)22(25)17-13-19(26-3)21(28-5)20(14-17)27-4/h6-7,12-14H,8-11H2,1-5H3. The summed E-state index contributed by atoms with van der Waals surface area (Å²) in [5, 5.41) is 0. The first-order valence-electron chi connectivity index (χ1n) is 9.40. The highest BCUT2D eigenvalue weighted by molar-refractivity contribution is 5.95. The van der Waals surface area contributed by atoms with Crippen LogP contribution >= 0.6 is 0 Å². The maximum absolute atomic E-state index is 13.1.